The molecule has 0 fully saturated rings. The van der Waals surface area contributed by atoms with Crippen molar-refractivity contribution >= 4 is 0 Å². The van der Waals surface area contributed by atoms with Crippen LogP contribution < -0.4 is 0 Å². The molecule has 0 aliphatic rings. The van der Waals surface area contributed by atoms with E-state index in [1.54, 1.807) is 0 Å². The normalized spacial score (nSPS) is 12.5. The van der Waals surface area contributed by atoms with Gasteiger partial charge in [0.1, 0.15) is 0 Å². The van der Waals surface area contributed by atoms with Gasteiger partial charge in [0.25, 0.3) is 0 Å². The molecule has 0 radical (unpaired) electrons. The molecule has 0 saturated carbocycles. The van der Waals surface area contributed by atoms with Crippen LogP contribution in [0.1, 0.15) is 245 Å². The van der Waals surface area contributed by atoms with Crippen LogP contribution in [0.25, 0.3) is 0 Å². The first-order valence-electron chi connectivity index (χ1n) is 20.1. The van der Waals surface area contributed by atoms with Gasteiger partial charge in [-0.25, -0.2) is 0 Å². The zero-order valence-corrected chi connectivity index (χ0v) is 29.6. The van der Waals surface area contributed by atoms with Gasteiger partial charge in [0.15, 0.2) is 0 Å². The Labute approximate surface area is 267 Å². The number of hydrogen-bond donors (Lipinski definition) is 1. The summed E-state index contributed by atoms with van der Waals surface area (Å²) >= 11 is 0. The van der Waals surface area contributed by atoms with Crippen LogP contribution in [-0.4, -0.2) is 11.2 Å². The molecule has 0 aromatic carbocycles. The Bertz CT molecular complexity index is 483. The standard InChI is InChI=1S/C41H82O/c1-3-5-7-8-9-10-11-12-13-14-15-16-17-18-19-20-21-22-23-24-25-26-27-28-29-30-31-32-33-34-35-36-37-38-40-41(42)39-6-4-2/h8-9,41-42H,3-7,10-40H2,1-2H3/b9-8-/t41-/m1/s1. The van der Waals surface area contributed by atoms with Crippen LogP contribution in [0, 0.1) is 0 Å². The number of hydrogen-bond acceptors (Lipinski definition) is 1. The van der Waals surface area contributed by atoms with Crippen molar-refractivity contribution in [2.45, 2.75) is 251 Å². The Morgan fingerprint density at radius 2 is 0.548 bits per heavy atom. The molecule has 42 heavy (non-hydrogen) atoms. The quantitative estimate of drug-likeness (QED) is 0.0563. The maximum absolute atomic E-state index is 9.90. The number of aliphatic hydroxyl groups excluding tert-OH is 1. The van der Waals surface area contributed by atoms with E-state index in [-0.39, 0.29) is 6.10 Å². The van der Waals surface area contributed by atoms with Crippen LogP contribution >= 0.6 is 0 Å². The Kier molecular flexibility index (Phi) is 38.4. The maximum Gasteiger partial charge on any atom is 0.0540 e. The van der Waals surface area contributed by atoms with Crippen LogP contribution in [0.4, 0.5) is 0 Å². The predicted molar refractivity (Wildman–Crippen MR) is 193 cm³/mol. The average molecular weight is 591 g/mol. The second kappa shape index (κ2) is 38.7. The van der Waals surface area contributed by atoms with E-state index in [1.165, 1.54) is 218 Å². The van der Waals surface area contributed by atoms with Crippen molar-refractivity contribution in [1.29, 1.82) is 0 Å². The number of rotatable bonds is 37. The molecule has 0 aliphatic carbocycles. The summed E-state index contributed by atoms with van der Waals surface area (Å²) in [6, 6.07) is 0. The monoisotopic (exact) mass is 591 g/mol. The van der Waals surface area contributed by atoms with Crippen LogP contribution in [0.3, 0.4) is 0 Å². The summed E-state index contributed by atoms with van der Waals surface area (Å²) < 4.78 is 0. The van der Waals surface area contributed by atoms with Crippen molar-refractivity contribution < 1.29 is 5.11 Å². The van der Waals surface area contributed by atoms with Gasteiger partial charge in [-0.2, -0.15) is 0 Å². The van der Waals surface area contributed by atoms with Crippen molar-refractivity contribution in [3.8, 4) is 0 Å². The minimum atomic E-state index is -0.0350. The van der Waals surface area contributed by atoms with E-state index in [9.17, 15) is 5.11 Å². The molecule has 0 spiro atoms. The fourth-order valence-corrected chi connectivity index (χ4v) is 6.38. The zero-order valence-electron chi connectivity index (χ0n) is 29.6. The lowest BCUT2D eigenvalue weighted by atomic mass is 10.0. The van der Waals surface area contributed by atoms with Gasteiger partial charge < -0.3 is 5.11 Å². The van der Waals surface area contributed by atoms with Crippen molar-refractivity contribution in [2.75, 3.05) is 0 Å². The van der Waals surface area contributed by atoms with Gasteiger partial charge in [-0.3, -0.25) is 0 Å². The minimum absolute atomic E-state index is 0.0350. The smallest absolute Gasteiger partial charge is 0.0540 e. The Hall–Kier alpha value is -0.300. The molecule has 0 aromatic rings. The molecule has 1 nitrogen and oxygen atoms in total. The number of unbranched alkanes of at least 4 members (excludes halogenated alkanes) is 31. The van der Waals surface area contributed by atoms with E-state index in [2.05, 4.69) is 26.0 Å². The van der Waals surface area contributed by atoms with Crippen molar-refractivity contribution in [2.24, 2.45) is 0 Å². The first-order chi connectivity index (χ1) is 20.8. The van der Waals surface area contributed by atoms with E-state index >= 15 is 0 Å². The van der Waals surface area contributed by atoms with Gasteiger partial charge in [0.2, 0.25) is 0 Å². The first kappa shape index (κ1) is 41.7. The molecule has 0 aromatic heterocycles. The Morgan fingerprint density at radius 3 is 0.857 bits per heavy atom. The SMILES string of the molecule is CCCC/C=C\CCCCCCCCCCCCCCCCCCCCCCCCCCCCCC[C@H](O)CCCC. The van der Waals surface area contributed by atoms with Gasteiger partial charge in [-0.1, -0.05) is 225 Å². The van der Waals surface area contributed by atoms with Gasteiger partial charge in [0.05, 0.1) is 6.10 Å². The summed E-state index contributed by atoms with van der Waals surface area (Å²) in [5.74, 6) is 0. The molecular formula is C41H82O. The summed E-state index contributed by atoms with van der Waals surface area (Å²) in [5.41, 5.74) is 0. The molecule has 1 heteroatoms. The molecule has 1 atom stereocenters. The predicted octanol–water partition coefficient (Wildman–Crippen LogP) is 15.0. The van der Waals surface area contributed by atoms with E-state index in [1.807, 2.05) is 0 Å². The Morgan fingerprint density at radius 1 is 0.310 bits per heavy atom. The van der Waals surface area contributed by atoms with Gasteiger partial charge in [-0.15, -0.1) is 0 Å². The molecule has 0 aliphatic heterocycles. The molecule has 0 bridgehead atoms. The third kappa shape index (κ3) is 37.7. The highest BCUT2D eigenvalue weighted by Gasteiger charge is 2.02. The second-order valence-corrected chi connectivity index (χ2v) is 13.9. The maximum atomic E-state index is 9.90. The second-order valence-electron chi connectivity index (χ2n) is 13.9. The highest BCUT2D eigenvalue weighted by molar-refractivity contribution is 4.81. The number of allylic oxidation sites excluding steroid dienone is 2. The fraction of sp³-hybridized carbons (Fsp3) is 0.951. The van der Waals surface area contributed by atoms with Gasteiger partial charge in [0, 0.05) is 0 Å². The molecule has 252 valence electrons. The lowest BCUT2D eigenvalue weighted by Gasteiger charge is -2.09. The molecule has 0 saturated heterocycles. The lowest BCUT2D eigenvalue weighted by molar-refractivity contribution is 0.148. The topological polar surface area (TPSA) is 20.2 Å². The summed E-state index contributed by atoms with van der Waals surface area (Å²) in [4.78, 5) is 0. The van der Waals surface area contributed by atoms with Crippen molar-refractivity contribution in [3.63, 3.8) is 0 Å². The Balaban J connectivity index is 3.07. The van der Waals surface area contributed by atoms with E-state index in [4.69, 9.17) is 0 Å². The number of aliphatic hydroxyl groups is 1. The first-order valence-corrected chi connectivity index (χ1v) is 20.1. The van der Waals surface area contributed by atoms with Crippen LogP contribution in [-0.2, 0) is 0 Å². The molecular weight excluding hydrogens is 508 g/mol. The summed E-state index contributed by atoms with van der Waals surface area (Å²) in [6.07, 6.45) is 55.0. The van der Waals surface area contributed by atoms with E-state index < -0.39 is 0 Å². The summed E-state index contributed by atoms with van der Waals surface area (Å²) in [7, 11) is 0. The van der Waals surface area contributed by atoms with Crippen molar-refractivity contribution in [3.05, 3.63) is 12.2 Å². The van der Waals surface area contributed by atoms with E-state index in [0.29, 0.717) is 0 Å². The average Bonchev–Trinajstić information content (AvgIpc) is 3.00. The van der Waals surface area contributed by atoms with Crippen molar-refractivity contribution in [1.82, 2.24) is 0 Å². The molecule has 0 rings (SSSR count). The van der Waals surface area contributed by atoms with Crippen LogP contribution in [0.2, 0.25) is 0 Å². The third-order valence-corrected chi connectivity index (χ3v) is 9.44. The molecule has 0 unspecified atom stereocenters. The third-order valence-electron chi connectivity index (χ3n) is 9.44. The largest absolute Gasteiger partial charge is 0.393 e. The summed E-state index contributed by atoms with van der Waals surface area (Å²) in [6.45, 7) is 4.48. The lowest BCUT2D eigenvalue weighted by Crippen LogP contribution is -2.05. The molecule has 0 heterocycles. The van der Waals surface area contributed by atoms with Crippen LogP contribution in [0.5, 0.6) is 0 Å². The highest BCUT2D eigenvalue weighted by atomic mass is 16.3. The van der Waals surface area contributed by atoms with E-state index in [0.717, 1.165) is 12.8 Å². The highest BCUT2D eigenvalue weighted by Crippen LogP contribution is 2.17. The van der Waals surface area contributed by atoms with Crippen LogP contribution in [0.15, 0.2) is 12.2 Å². The molecule has 1 N–H and O–H groups in total. The van der Waals surface area contributed by atoms with Gasteiger partial charge in [-0.05, 0) is 32.1 Å². The zero-order chi connectivity index (χ0) is 30.4. The minimum Gasteiger partial charge on any atom is -0.393 e. The fourth-order valence-electron chi connectivity index (χ4n) is 6.38. The molecule has 0 amide bonds. The van der Waals surface area contributed by atoms with Gasteiger partial charge >= 0.3 is 0 Å². The summed E-state index contributed by atoms with van der Waals surface area (Å²) in [5, 5.41) is 9.90.